The summed E-state index contributed by atoms with van der Waals surface area (Å²) in [6.45, 7) is 0.651. The Balaban J connectivity index is 1.88. The van der Waals surface area contributed by atoms with Crippen LogP contribution in [0.25, 0.3) is 11.0 Å². The third kappa shape index (κ3) is 2.67. The zero-order valence-corrected chi connectivity index (χ0v) is 11.7. The SMILES string of the molecule is COc1ccc2c(c1)nc(N)n2CCc1cccc(F)c1. The summed E-state index contributed by atoms with van der Waals surface area (Å²) in [5, 5.41) is 0. The molecule has 0 spiro atoms. The van der Waals surface area contributed by atoms with Crippen LogP contribution in [0.1, 0.15) is 5.56 Å². The Kier molecular flexibility index (Phi) is 3.48. The largest absolute Gasteiger partial charge is 0.497 e. The van der Waals surface area contributed by atoms with Gasteiger partial charge in [0.1, 0.15) is 11.6 Å². The molecule has 3 aromatic rings. The number of ether oxygens (including phenoxy) is 1. The van der Waals surface area contributed by atoms with Gasteiger partial charge in [-0.05, 0) is 36.2 Å². The lowest BCUT2D eigenvalue weighted by atomic mass is 10.1. The van der Waals surface area contributed by atoms with E-state index in [9.17, 15) is 4.39 Å². The molecule has 108 valence electrons. The molecule has 21 heavy (non-hydrogen) atoms. The van der Waals surface area contributed by atoms with E-state index in [1.54, 1.807) is 19.2 Å². The summed E-state index contributed by atoms with van der Waals surface area (Å²) in [4.78, 5) is 4.34. The summed E-state index contributed by atoms with van der Waals surface area (Å²) in [5.41, 5.74) is 8.66. The predicted octanol–water partition coefficient (Wildman–Crippen LogP) is 3.01. The Morgan fingerprint density at radius 1 is 1.24 bits per heavy atom. The average Bonchev–Trinajstić information content (AvgIpc) is 2.79. The van der Waals surface area contributed by atoms with Crippen LogP contribution in [-0.4, -0.2) is 16.7 Å². The monoisotopic (exact) mass is 285 g/mol. The van der Waals surface area contributed by atoms with Crippen molar-refractivity contribution < 1.29 is 9.13 Å². The lowest BCUT2D eigenvalue weighted by Gasteiger charge is -2.07. The van der Waals surface area contributed by atoms with Crippen LogP contribution in [0.2, 0.25) is 0 Å². The zero-order valence-electron chi connectivity index (χ0n) is 11.7. The van der Waals surface area contributed by atoms with Crippen LogP contribution in [0.5, 0.6) is 5.75 Å². The molecule has 0 aliphatic rings. The van der Waals surface area contributed by atoms with E-state index in [2.05, 4.69) is 4.98 Å². The minimum absolute atomic E-state index is 0.222. The molecule has 3 rings (SSSR count). The molecule has 0 unspecified atom stereocenters. The van der Waals surface area contributed by atoms with Gasteiger partial charge in [0.05, 0.1) is 18.1 Å². The third-order valence-corrected chi connectivity index (χ3v) is 3.50. The van der Waals surface area contributed by atoms with Gasteiger partial charge in [-0.2, -0.15) is 0 Å². The number of fused-ring (bicyclic) bond motifs is 1. The van der Waals surface area contributed by atoms with E-state index < -0.39 is 0 Å². The quantitative estimate of drug-likeness (QED) is 0.801. The van der Waals surface area contributed by atoms with E-state index in [-0.39, 0.29) is 5.82 Å². The molecule has 0 saturated carbocycles. The van der Waals surface area contributed by atoms with Crippen LogP contribution >= 0.6 is 0 Å². The van der Waals surface area contributed by atoms with Gasteiger partial charge in [-0.3, -0.25) is 0 Å². The molecule has 1 heterocycles. The number of nitrogen functional groups attached to an aromatic ring is 1. The minimum Gasteiger partial charge on any atom is -0.497 e. The average molecular weight is 285 g/mol. The molecule has 0 fully saturated rings. The zero-order chi connectivity index (χ0) is 14.8. The first kappa shape index (κ1) is 13.4. The van der Waals surface area contributed by atoms with Crippen LogP contribution < -0.4 is 10.5 Å². The number of imidazole rings is 1. The van der Waals surface area contributed by atoms with E-state index in [0.717, 1.165) is 22.3 Å². The van der Waals surface area contributed by atoms with Crippen LogP contribution in [0, 0.1) is 5.82 Å². The van der Waals surface area contributed by atoms with Gasteiger partial charge in [0, 0.05) is 12.6 Å². The Morgan fingerprint density at radius 2 is 2.10 bits per heavy atom. The van der Waals surface area contributed by atoms with Gasteiger partial charge < -0.3 is 15.0 Å². The van der Waals surface area contributed by atoms with Gasteiger partial charge in [0.25, 0.3) is 0 Å². The fourth-order valence-corrected chi connectivity index (χ4v) is 2.42. The van der Waals surface area contributed by atoms with E-state index in [0.29, 0.717) is 18.9 Å². The van der Waals surface area contributed by atoms with Crippen molar-refractivity contribution in [2.45, 2.75) is 13.0 Å². The standard InChI is InChI=1S/C16H16FN3O/c1-21-13-5-6-15-14(10-13)19-16(18)20(15)8-7-11-3-2-4-12(17)9-11/h2-6,9-10H,7-8H2,1H3,(H2,18,19). The molecule has 0 atom stereocenters. The molecule has 2 aromatic carbocycles. The van der Waals surface area contributed by atoms with Gasteiger partial charge in [0.15, 0.2) is 0 Å². The lowest BCUT2D eigenvalue weighted by molar-refractivity contribution is 0.415. The van der Waals surface area contributed by atoms with Crippen molar-refractivity contribution in [1.29, 1.82) is 0 Å². The topological polar surface area (TPSA) is 53.1 Å². The first-order valence-electron chi connectivity index (χ1n) is 6.71. The summed E-state index contributed by atoms with van der Waals surface area (Å²) >= 11 is 0. The second-order valence-electron chi connectivity index (χ2n) is 4.86. The Hall–Kier alpha value is -2.56. The highest BCUT2D eigenvalue weighted by Gasteiger charge is 2.09. The summed E-state index contributed by atoms with van der Waals surface area (Å²) in [6, 6.07) is 12.3. The molecular formula is C16H16FN3O. The molecule has 0 bridgehead atoms. The van der Waals surface area contributed by atoms with Crippen LogP contribution in [0.15, 0.2) is 42.5 Å². The second kappa shape index (κ2) is 5.44. The summed E-state index contributed by atoms with van der Waals surface area (Å²) in [6.07, 6.45) is 0.694. The van der Waals surface area contributed by atoms with Crippen molar-refractivity contribution >= 4 is 17.0 Å². The summed E-state index contributed by atoms with van der Waals surface area (Å²) < 4.78 is 20.3. The van der Waals surface area contributed by atoms with Gasteiger partial charge in [-0.1, -0.05) is 12.1 Å². The molecule has 0 aliphatic carbocycles. The van der Waals surface area contributed by atoms with E-state index in [1.807, 2.05) is 28.8 Å². The number of nitrogens with zero attached hydrogens (tertiary/aromatic N) is 2. The van der Waals surface area contributed by atoms with Gasteiger partial charge in [0.2, 0.25) is 5.95 Å². The fraction of sp³-hybridized carbons (Fsp3) is 0.188. The normalized spacial score (nSPS) is 11.0. The molecule has 5 heteroatoms. The maximum atomic E-state index is 13.2. The number of hydrogen-bond donors (Lipinski definition) is 1. The van der Waals surface area contributed by atoms with Gasteiger partial charge in [-0.15, -0.1) is 0 Å². The number of rotatable bonds is 4. The van der Waals surface area contributed by atoms with Gasteiger partial charge >= 0.3 is 0 Å². The number of benzene rings is 2. The number of methoxy groups -OCH3 is 1. The molecule has 0 radical (unpaired) electrons. The predicted molar refractivity (Wildman–Crippen MR) is 80.8 cm³/mol. The molecule has 0 aliphatic heterocycles. The van der Waals surface area contributed by atoms with Crippen molar-refractivity contribution in [3.8, 4) is 5.75 Å². The van der Waals surface area contributed by atoms with E-state index in [4.69, 9.17) is 10.5 Å². The van der Waals surface area contributed by atoms with Crippen LogP contribution in [0.4, 0.5) is 10.3 Å². The minimum atomic E-state index is -0.222. The highest BCUT2D eigenvalue weighted by atomic mass is 19.1. The molecule has 2 N–H and O–H groups in total. The Morgan fingerprint density at radius 3 is 2.86 bits per heavy atom. The van der Waals surface area contributed by atoms with Crippen LogP contribution in [0.3, 0.4) is 0 Å². The fourth-order valence-electron chi connectivity index (χ4n) is 2.42. The molecule has 0 saturated heterocycles. The van der Waals surface area contributed by atoms with Crippen molar-refractivity contribution in [1.82, 2.24) is 9.55 Å². The van der Waals surface area contributed by atoms with E-state index >= 15 is 0 Å². The van der Waals surface area contributed by atoms with E-state index in [1.165, 1.54) is 6.07 Å². The maximum Gasteiger partial charge on any atom is 0.201 e. The first-order chi connectivity index (χ1) is 10.2. The molecule has 1 aromatic heterocycles. The number of aromatic nitrogens is 2. The van der Waals surface area contributed by atoms with Crippen molar-refractivity contribution in [2.24, 2.45) is 0 Å². The molecule has 4 nitrogen and oxygen atoms in total. The smallest absolute Gasteiger partial charge is 0.201 e. The van der Waals surface area contributed by atoms with Crippen molar-refractivity contribution in [3.05, 3.63) is 53.8 Å². The number of hydrogen-bond acceptors (Lipinski definition) is 3. The maximum absolute atomic E-state index is 13.2. The Bertz CT molecular complexity index is 782. The second-order valence-corrected chi connectivity index (χ2v) is 4.86. The third-order valence-electron chi connectivity index (χ3n) is 3.50. The number of nitrogens with two attached hydrogens (primary N) is 1. The highest BCUT2D eigenvalue weighted by molar-refractivity contribution is 5.79. The first-order valence-corrected chi connectivity index (χ1v) is 6.71. The Labute approximate surface area is 122 Å². The van der Waals surface area contributed by atoms with Crippen molar-refractivity contribution in [2.75, 3.05) is 12.8 Å². The summed E-state index contributed by atoms with van der Waals surface area (Å²) in [7, 11) is 1.62. The lowest BCUT2D eigenvalue weighted by Crippen LogP contribution is -2.05. The van der Waals surface area contributed by atoms with Crippen LogP contribution in [-0.2, 0) is 13.0 Å². The number of halogens is 1. The molecular weight excluding hydrogens is 269 g/mol. The molecule has 0 amide bonds. The highest BCUT2D eigenvalue weighted by Crippen LogP contribution is 2.23. The summed E-state index contributed by atoms with van der Waals surface area (Å²) in [5.74, 6) is 0.979. The van der Waals surface area contributed by atoms with Crippen molar-refractivity contribution in [3.63, 3.8) is 0 Å². The number of aryl methyl sites for hydroxylation is 2. The number of anilines is 1. The van der Waals surface area contributed by atoms with Gasteiger partial charge in [-0.25, -0.2) is 9.37 Å².